The molecular formula is C22H15F3N4O2. The van der Waals surface area contributed by atoms with Gasteiger partial charge in [0.25, 0.3) is 5.91 Å². The van der Waals surface area contributed by atoms with Gasteiger partial charge in [0, 0.05) is 11.8 Å². The topological polar surface area (TPSA) is 90.5 Å². The molecule has 0 saturated carbocycles. The van der Waals surface area contributed by atoms with E-state index in [1.54, 1.807) is 24.3 Å². The Hall–Kier alpha value is -4.01. The molecule has 1 unspecified atom stereocenters. The van der Waals surface area contributed by atoms with E-state index < -0.39 is 23.7 Å². The number of alkyl halides is 3. The zero-order valence-electron chi connectivity index (χ0n) is 15.9. The first-order valence-corrected chi connectivity index (χ1v) is 9.08. The highest BCUT2D eigenvalue weighted by molar-refractivity contribution is 5.91. The lowest BCUT2D eigenvalue weighted by Crippen LogP contribution is -2.14. The maximum absolute atomic E-state index is 13.4. The normalized spacial score (nSPS) is 14.9. The van der Waals surface area contributed by atoms with Gasteiger partial charge in [0.15, 0.2) is 5.82 Å². The number of aliphatic imine (C=N–C) groups is 1. The first-order valence-electron chi connectivity index (χ1n) is 9.08. The molecule has 2 heterocycles. The molecule has 0 fully saturated rings. The first kappa shape index (κ1) is 20.3. The summed E-state index contributed by atoms with van der Waals surface area (Å²) in [6.45, 7) is 3.62. The van der Waals surface area contributed by atoms with Crippen LogP contribution < -0.4 is 10.5 Å². The Kier molecular flexibility index (Phi) is 5.02. The van der Waals surface area contributed by atoms with Gasteiger partial charge >= 0.3 is 6.18 Å². The van der Waals surface area contributed by atoms with E-state index in [1.165, 1.54) is 30.5 Å². The smallest absolute Gasteiger partial charge is 0.416 e. The second kappa shape index (κ2) is 7.67. The van der Waals surface area contributed by atoms with Crippen LogP contribution in [0.15, 0.2) is 60.1 Å². The molecule has 9 heteroatoms. The van der Waals surface area contributed by atoms with Crippen molar-refractivity contribution in [3.05, 3.63) is 77.6 Å². The predicted octanol–water partition coefficient (Wildman–Crippen LogP) is 4.82. The summed E-state index contributed by atoms with van der Waals surface area (Å²) in [6.07, 6.45) is -1.60. The third kappa shape index (κ3) is 4.45. The van der Waals surface area contributed by atoms with Crippen LogP contribution in [0.1, 0.15) is 33.4 Å². The lowest BCUT2D eigenvalue weighted by atomic mass is 10.0. The second-order valence-corrected chi connectivity index (χ2v) is 6.69. The summed E-state index contributed by atoms with van der Waals surface area (Å²) in [5, 5.41) is 0. The molecule has 1 aromatic heterocycles. The fourth-order valence-electron chi connectivity index (χ4n) is 2.94. The number of hydrogen-bond acceptors (Lipinski definition) is 5. The minimum Gasteiger partial charge on any atom is -0.457 e. The lowest BCUT2D eigenvalue weighted by Gasteiger charge is -2.14. The van der Waals surface area contributed by atoms with Crippen LogP contribution in [0.5, 0.6) is 11.5 Å². The summed E-state index contributed by atoms with van der Waals surface area (Å²) in [5.41, 5.74) is 5.65. The Balaban J connectivity index is 1.59. The second-order valence-electron chi connectivity index (χ2n) is 6.69. The summed E-state index contributed by atoms with van der Waals surface area (Å²) >= 11 is 0. The van der Waals surface area contributed by atoms with Crippen molar-refractivity contribution in [1.29, 1.82) is 0 Å². The summed E-state index contributed by atoms with van der Waals surface area (Å²) in [5.74, 6) is -0.0780. The highest BCUT2D eigenvalue weighted by Crippen LogP contribution is 2.40. The molecule has 31 heavy (non-hydrogen) atoms. The van der Waals surface area contributed by atoms with E-state index in [-0.39, 0.29) is 22.8 Å². The Morgan fingerprint density at radius 1 is 1.06 bits per heavy atom. The minimum absolute atomic E-state index is 0.0413. The predicted molar refractivity (Wildman–Crippen MR) is 109 cm³/mol. The number of rotatable bonds is 6. The van der Waals surface area contributed by atoms with Crippen molar-refractivity contribution in [1.82, 2.24) is 9.97 Å². The number of benzene rings is 2. The monoisotopic (exact) mass is 424 g/mol. The molecule has 6 nitrogen and oxygen atoms in total. The van der Waals surface area contributed by atoms with Gasteiger partial charge in [0.05, 0.1) is 11.3 Å². The van der Waals surface area contributed by atoms with Gasteiger partial charge in [-0.3, -0.25) is 9.79 Å². The number of nitrogens with zero attached hydrogens (tertiary/aromatic N) is 3. The van der Waals surface area contributed by atoms with Crippen molar-refractivity contribution in [2.75, 3.05) is 0 Å². The van der Waals surface area contributed by atoms with Crippen LogP contribution in [0.2, 0.25) is 0 Å². The van der Waals surface area contributed by atoms with Gasteiger partial charge in [0.2, 0.25) is 0 Å². The molecule has 156 valence electrons. The van der Waals surface area contributed by atoms with Crippen molar-refractivity contribution >= 4 is 18.2 Å². The van der Waals surface area contributed by atoms with Crippen LogP contribution in [0, 0.1) is 0 Å². The van der Waals surface area contributed by atoms with Crippen LogP contribution in [0.3, 0.4) is 0 Å². The van der Waals surface area contributed by atoms with E-state index in [0.717, 1.165) is 6.07 Å². The molecule has 0 bridgehead atoms. The third-order valence-electron chi connectivity index (χ3n) is 4.50. The Morgan fingerprint density at radius 3 is 2.32 bits per heavy atom. The number of aromatic nitrogens is 2. The highest BCUT2D eigenvalue weighted by atomic mass is 19.4. The molecule has 1 amide bonds. The van der Waals surface area contributed by atoms with Gasteiger partial charge < -0.3 is 10.5 Å². The number of amides is 1. The number of carbonyl (C=O) groups excluding carboxylic acids is 1. The average molecular weight is 424 g/mol. The van der Waals surface area contributed by atoms with E-state index in [0.29, 0.717) is 17.0 Å². The van der Waals surface area contributed by atoms with Crippen molar-refractivity contribution in [3.8, 4) is 22.9 Å². The molecule has 2 N–H and O–H groups in total. The van der Waals surface area contributed by atoms with Crippen LogP contribution in [0.25, 0.3) is 17.5 Å². The molecule has 4 rings (SSSR count). The molecule has 1 aliphatic heterocycles. The number of ether oxygens (including phenoxy) is 1. The molecule has 0 aliphatic carbocycles. The lowest BCUT2D eigenvalue weighted by molar-refractivity contribution is -0.138. The molecule has 0 radical (unpaired) electrons. The van der Waals surface area contributed by atoms with E-state index in [9.17, 15) is 18.0 Å². The summed E-state index contributed by atoms with van der Waals surface area (Å²) in [7, 11) is 0. The van der Waals surface area contributed by atoms with E-state index in [4.69, 9.17) is 10.5 Å². The third-order valence-corrected chi connectivity index (χ3v) is 4.50. The van der Waals surface area contributed by atoms with Crippen LogP contribution in [-0.2, 0) is 6.18 Å². The zero-order valence-corrected chi connectivity index (χ0v) is 15.9. The van der Waals surface area contributed by atoms with Gasteiger partial charge in [-0.15, -0.1) is 0 Å². The highest BCUT2D eigenvalue weighted by Gasteiger charge is 2.37. The van der Waals surface area contributed by atoms with Crippen LogP contribution in [0.4, 0.5) is 13.2 Å². The van der Waals surface area contributed by atoms with Crippen LogP contribution >= 0.6 is 0 Å². The largest absolute Gasteiger partial charge is 0.457 e. The SMILES string of the molecule is C=Cc1cc(C(N)=O)nc(-c2ccc(Oc3ccc(C4C=N4)c(C(F)(F)F)c3)cc2)n1. The van der Waals surface area contributed by atoms with Gasteiger partial charge in [-0.1, -0.05) is 12.6 Å². The Bertz CT molecular complexity index is 1200. The van der Waals surface area contributed by atoms with Gasteiger partial charge in [-0.2, -0.15) is 13.2 Å². The number of carbonyl (C=O) groups is 1. The molecular weight excluding hydrogens is 409 g/mol. The number of hydrogen-bond donors (Lipinski definition) is 1. The molecule has 3 aromatic rings. The summed E-state index contributed by atoms with van der Waals surface area (Å²) in [4.78, 5) is 23.7. The maximum Gasteiger partial charge on any atom is 0.416 e. The zero-order chi connectivity index (χ0) is 22.2. The van der Waals surface area contributed by atoms with Crippen LogP contribution in [-0.4, -0.2) is 22.1 Å². The quantitative estimate of drug-likeness (QED) is 0.614. The summed E-state index contributed by atoms with van der Waals surface area (Å²) < 4.78 is 45.7. The standard InChI is InChI=1S/C22H15F3N4O2/c1-2-13-9-18(20(26)30)29-21(28-13)12-3-5-14(6-4-12)31-15-7-8-16(19-11-27-19)17(10-15)22(23,24)25/h2-11,19H,1H2,(H2,26,30). The fourth-order valence-corrected chi connectivity index (χ4v) is 2.94. The molecule has 1 aliphatic rings. The van der Waals surface area contributed by atoms with E-state index in [2.05, 4.69) is 21.5 Å². The molecule has 0 saturated heterocycles. The van der Waals surface area contributed by atoms with Crippen molar-refractivity contribution in [3.63, 3.8) is 0 Å². The number of halogens is 3. The first-order chi connectivity index (χ1) is 14.7. The Labute approximate surface area is 174 Å². The molecule has 0 spiro atoms. The molecule has 1 atom stereocenters. The van der Waals surface area contributed by atoms with Crippen molar-refractivity contribution in [2.24, 2.45) is 10.7 Å². The van der Waals surface area contributed by atoms with Crippen molar-refractivity contribution < 1.29 is 22.7 Å². The number of primary amides is 1. The van der Waals surface area contributed by atoms with E-state index >= 15 is 0 Å². The Morgan fingerprint density at radius 2 is 1.74 bits per heavy atom. The maximum atomic E-state index is 13.4. The summed E-state index contributed by atoms with van der Waals surface area (Å²) in [6, 6.07) is 11.1. The van der Waals surface area contributed by atoms with Gasteiger partial charge in [0.1, 0.15) is 23.2 Å². The number of nitrogens with two attached hydrogens (primary N) is 1. The van der Waals surface area contributed by atoms with E-state index in [1.807, 2.05) is 0 Å². The minimum atomic E-state index is -4.52. The van der Waals surface area contributed by atoms with Gasteiger partial charge in [-0.05, 0) is 54.1 Å². The molecule has 2 aromatic carbocycles. The van der Waals surface area contributed by atoms with Crippen molar-refractivity contribution in [2.45, 2.75) is 12.2 Å². The average Bonchev–Trinajstić information content (AvgIpc) is 3.58. The van der Waals surface area contributed by atoms with Gasteiger partial charge in [-0.25, -0.2) is 9.97 Å². The fraction of sp³-hybridized carbons (Fsp3) is 0.0909.